The van der Waals surface area contributed by atoms with Gasteiger partial charge in [-0.05, 0) is 38.4 Å². The van der Waals surface area contributed by atoms with Gasteiger partial charge in [0.05, 0.1) is 0 Å². The van der Waals surface area contributed by atoms with E-state index in [0.29, 0.717) is 6.01 Å². The summed E-state index contributed by atoms with van der Waals surface area (Å²) in [6.45, 7) is 0.793. The number of rotatable bonds is 4. The van der Waals surface area contributed by atoms with Gasteiger partial charge in [0.2, 0.25) is 0 Å². The first-order valence-electron chi connectivity index (χ1n) is 5.53. The van der Waals surface area contributed by atoms with Crippen molar-refractivity contribution >= 4 is 15.9 Å². The molecule has 0 unspecified atom stereocenters. The Hall–Kier alpha value is -1.46. The lowest BCUT2D eigenvalue weighted by atomic mass is 10.2. The zero-order chi connectivity index (χ0) is 13.0. The van der Waals surface area contributed by atoms with E-state index in [0.717, 1.165) is 22.3 Å². The first-order chi connectivity index (χ1) is 8.65. The van der Waals surface area contributed by atoms with Crippen LogP contribution in [0.4, 0.5) is 0 Å². The average Bonchev–Trinajstić information content (AvgIpc) is 2.33. The Morgan fingerprint density at radius 3 is 2.61 bits per heavy atom. The Morgan fingerprint density at radius 1 is 1.22 bits per heavy atom. The van der Waals surface area contributed by atoms with Crippen LogP contribution in [0.1, 0.15) is 5.56 Å². The Kier molecular flexibility index (Phi) is 4.28. The molecule has 1 heterocycles. The van der Waals surface area contributed by atoms with Gasteiger partial charge in [-0.25, -0.2) is 9.97 Å². The Labute approximate surface area is 115 Å². The van der Waals surface area contributed by atoms with Crippen LogP contribution in [-0.2, 0) is 6.54 Å². The molecule has 0 atom stereocenters. The molecule has 0 spiro atoms. The summed E-state index contributed by atoms with van der Waals surface area (Å²) >= 11 is 3.47. The maximum atomic E-state index is 5.70. The molecule has 1 aromatic carbocycles. The van der Waals surface area contributed by atoms with Crippen LogP contribution in [-0.4, -0.2) is 29.0 Å². The molecule has 2 aromatic rings. The zero-order valence-corrected chi connectivity index (χ0v) is 11.9. The van der Waals surface area contributed by atoms with E-state index < -0.39 is 0 Å². The lowest BCUT2D eigenvalue weighted by Crippen LogP contribution is -2.11. The highest BCUT2D eigenvalue weighted by atomic mass is 79.9. The lowest BCUT2D eigenvalue weighted by molar-refractivity contribution is 0.382. The number of hydrogen-bond acceptors (Lipinski definition) is 4. The average molecular weight is 308 g/mol. The minimum Gasteiger partial charge on any atom is -0.424 e. The van der Waals surface area contributed by atoms with Gasteiger partial charge in [0.25, 0.3) is 0 Å². The molecule has 0 N–H and O–H groups in total. The van der Waals surface area contributed by atoms with Crippen LogP contribution >= 0.6 is 15.9 Å². The van der Waals surface area contributed by atoms with E-state index in [1.165, 1.54) is 0 Å². The van der Waals surface area contributed by atoms with Crippen molar-refractivity contribution in [1.29, 1.82) is 0 Å². The molecular formula is C13H14BrN3O. The molecule has 18 heavy (non-hydrogen) atoms. The highest BCUT2D eigenvalue weighted by molar-refractivity contribution is 9.10. The second-order valence-corrected chi connectivity index (χ2v) is 5.04. The Bertz CT molecular complexity index is 517. The minimum atomic E-state index is 0.361. The number of aromatic nitrogens is 2. The van der Waals surface area contributed by atoms with Gasteiger partial charge < -0.3 is 9.64 Å². The van der Waals surface area contributed by atoms with Gasteiger partial charge in [-0.2, -0.15) is 0 Å². The monoisotopic (exact) mass is 307 g/mol. The smallest absolute Gasteiger partial charge is 0.321 e. The van der Waals surface area contributed by atoms with Crippen molar-refractivity contribution in [1.82, 2.24) is 14.9 Å². The van der Waals surface area contributed by atoms with Crippen molar-refractivity contribution < 1.29 is 4.74 Å². The predicted octanol–water partition coefficient (Wildman–Crippen LogP) is 3.09. The van der Waals surface area contributed by atoms with Crippen molar-refractivity contribution in [2.24, 2.45) is 0 Å². The lowest BCUT2D eigenvalue weighted by Gasteiger charge is -2.14. The summed E-state index contributed by atoms with van der Waals surface area (Å²) < 4.78 is 6.72. The summed E-state index contributed by atoms with van der Waals surface area (Å²) in [4.78, 5) is 10.2. The first-order valence-corrected chi connectivity index (χ1v) is 6.32. The van der Waals surface area contributed by atoms with Gasteiger partial charge in [0.15, 0.2) is 0 Å². The third-order valence-corrected chi connectivity index (χ3v) is 2.75. The minimum absolute atomic E-state index is 0.361. The van der Waals surface area contributed by atoms with Gasteiger partial charge >= 0.3 is 6.01 Å². The zero-order valence-electron chi connectivity index (χ0n) is 10.3. The second-order valence-electron chi connectivity index (χ2n) is 4.12. The summed E-state index contributed by atoms with van der Waals surface area (Å²) in [5.74, 6) is 0.776. The van der Waals surface area contributed by atoms with Crippen molar-refractivity contribution in [3.05, 3.63) is 46.7 Å². The summed E-state index contributed by atoms with van der Waals surface area (Å²) in [6.07, 6.45) is 3.32. The van der Waals surface area contributed by atoms with E-state index in [1.807, 2.05) is 32.3 Å². The van der Waals surface area contributed by atoms with E-state index in [2.05, 4.69) is 30.8 Å². The summed E-state index contributed by atoms with van der Waals surface area (Å²) in [5, 5.41) is 0. The Morgan fingerprint density at radius 2 is 1.94 bits per heavy atom. The van der Waals surface area contributed by atoms with Gasteiger partial charge in [-0.1, -0.05) is 15.9 Å². The van der Waals surface area contributed by atoms with E-state index in [9.17, 15) is 0 Å². The molecule has 0 saturated heterocycles. The highest BCUT2D eigenvalue weighted by Gasteiger charge is 2.08. The van der Waals surface area contributed by atoms with Crippen LogP contribution in [0.5, 0.6) is 11.8 Å². The van der Waals surface area contributed by atoms with Gasteiger partial charge in [0.1, 0.15) is 5.75 Å². The molecule has 0 fully saturated rings. The SMILES string of the molecule is CN(C)Cc1cc(Br)ccc1Oc1ncccn1. The largest absolute Gasteiger partial charge is 0.424 e. The van der Waals surface area contributed by atoms with E-state index in [1.54, 1.807) is 18.5 Å². The molecule has 94 valence electrons. The van der Waals surface area contributed by atoms with Crippen LogP contribution in [0.25, 0.3) is 0 Å². The second kappa shape index (κ2) is 5.93. The molecule has 0 saturated carbocycles. The fraction of sp³-hybridized carbons (Fsp3) is 0.231. The fourth-order valence-electron chi connectivity index (χ4n) is 1.55. The number of benzene rings is 1. The van der Waals surface area contributed by atoms with Crippen LogP contribution in [0.15, 0.2) is 41.1 Å². The van der Waals surface area contributed by atoms with Gasteiger partial charge in [-0.15, -0.1) is 0 Å². The molecule has 4 nitrogen and oxygen atoms in total. The van der Waals surface area contributed by atoms with Gasteiger partial charge in [-0.3, -0.25) is 0 Å². The normalized spacial score (nSPS) is 10.7. The summed E-state index contributed by atoms with van der Waals surface area (Å²) in [6, 6.07) is 8.02. The molecule has 5 heteroatoms. The molecule has 1 aromatic heterocycles. The molecule has 0 aliphatic rings. The quantitative estimate of drug-likeness (QED) is 0.870. The molecule has 0 amide bonds. The van der Waals surface area contributed by atoms with Crippen LogP contribution in [0.2, 0.25) is 0 Å². The third-order valence-electron chi connectivity index (χ3n) is 2.25. The molecule has 2 rings (SSSR count). The molecular weight excluding hydrogens is 294 g/mol. The van der Waals surface area contributed by atoms with Crippen LogP contribution in [0, 0.1) is 0 Å². The van der Waals surface area contributed by atoms with E-state index in [4.69, 9.17) is 4.74 Å². The van der Waals surface area contributed by atoms with Crippen molar-refractivity contribution in [3.63, 3.8) is 0 Å². The molecule has 0 bridgehead atoms. The fourth-order valence-corrected chi connectivity index (χ4v) is 1.96. The number of hydrogen-bond donors (Lipinski definition) is 0. The maximum absolute atomic E-state index is 5.70. The topological polar surface area (TPSA) is 38.2 Å². The van der Waals surface area contributed by atoms with Crippen LogP contribution < -0.4 is 4.74 Å². The molecule has 0 aliphatic carbocycles. The highest BCUT2D eigenvalue weighted by Crippen LogP contribution is 2.26. The van der Waals surface area contributed by atoms with Crippen LogP contribution in [0.3, 0.4) is 0 Å². The number of nitrogens with zero attached hydrogens (tertiary/aromatic N) is 3. The van der Waals surface area contributed by atoms with Crippen molar-refractivity contribution in [2.45, 2.75) is 6.54 Å². The first kappa shape index (κ1) is 13.0. The summed E-state index contributed by atoms with van der Waals surface area (Å²) in [5.41, 5.74) is 1.09. The summed E-state index contributed by atoms with van der Waals surface area (Å²) in [7, 11) is 4.04. The van der Waals surface area contributed by atoms with E-state index >= 15 is 0 Å². The predicted molar refractivity (Wildman–Crippen MR) is 73.6 cm³/mol. The van der Waals surface area contributed by atoms with E-state index in [-0.39, 0.29) is 0 Å². The van der Waals surface area contributed by atoms with Crippen molar-refractivity contribution in [2.75, 3.05) is 14.1 Å². The standard InChI is InChI=1S/C13H14BrN3O/c1-17(2)9-10-8-11(14)4-5-12(10)18-13-15-6-3-7-16-13/h3-8H,9H2,1-2H3. The molecule has 0 aliphatic heterocycles. The van der Waals surface area contributed by atoms with Crippen molar-refractivity contribution in [3.8, 4) is 11.8 Å². The molecule has 0 radical (unpaired) electrons. The number of ether oxygens (including phenoxy) is 1. The number of halogens is 1. The third kappa shape index (κ3) is 3.51. The van der Waals surface area contributed by atoms with Gasteiger partial charge in [0, 0.05) is 29.0 Å². The maximum Gasteiger partial charge on any atom is 0.321 e. The Balaban J connectivity index is 2.26.